The van der Waals surface area contributed by atoms with Gasteiger partial charge in [0.1, 0.15) is 13.2 Å². The highest BCUT2D eigenvalue weighted by Crippen LogP contribution is 2.25. The van der Waals surface area contributed by atoms with Gasteiger partial charge in [0, 0.05) is 11.8 Å². The number of Topliss-reactive ketones (excluding diaryl/α,β-unsaturated/α-hetero) is 2. The summed E-state index contributed by atoms with van der Waals surface area (Å²) in [6.07, 6.45) is 5.68. The Kier molecular flexibility index (Phi) is 12.7. The van der Waals surface area contributed by atoms with E-state index >= 15 is 0 Å². The molecule has 0 aliphatic carbocycles. The van der Waals surface area contributed by atoms with Gasteiger partial charge in [0.05, 0.1) is 0 Å². The Morgan fingerprint density at radius 2 is 1.23 bits per heavy atom. The maximum absolute atomic E-state index is 11.7. The van der Waals surface area contributed by atoms with Crippen molar-refractivity contribution < 1.29 is 23.2 Å². The summed E-state index contributed by atoms with van der Waals surface area (Å²) >= 11 is 0. The van der Waals surface area contributed by atoms with Crippen molar-refractivity contribution in [1.29, 1.82) is 0 Å². The highest BCUT2D eigenvalue weighted by Gasteiger charge is 2.16. The average molecular weight is 334 g/mol. The third-order valence-electron chi connectivity index (χ3n) is 3.75. The van der Waals surface area contributed by atoms with E-state index in [-0.39, 0.29) is 36.6 Å². The lowest BCUT2D eigenvalue weighted by Gasteiger charge is -2.11. The van der Waals surface area contributed by atoms with Gasteiger partial charge < -0.3 is 9.05 Å². The van der Waals surface area contributed by atoms with Crippen LogP contribution in [0.15, 0.2) is 0 Å². The molecule has 0 aliphatic rings. The van der Waals surface area contributed by atoms with Crippen molar-refractivity contribution in [1.82, 2.24) is 0 Å². The number of hydrogen-bond donors (Lipinski definition) is 0. The molecule has 130 valence electrons. The van der Waals surface area contributed by atoms with Gasteiger partial charge in [0.25, 0.3) is 0 Å². The third-order valence-corrected chi connectivity index (χ3v) is 4.51. The molecule has 5 nitrogen and oxygen atoms in total. The maximum atomic E-state index is 11.7. The van der Waals surface area contributed by atoms with Crippen LogP contribution in [0.25, 0.3) is 0 Å². The van der Waals surface area contributed by atoms with E-state index in [4.69, 9.17) is 9.05 Å². The molecule has 22 heavy (non-hydrogen) atoms. The molecule has 0 radical (unpaired) electrons. The summed E-state index contributed by atoms with van der Waals surface area (Å²) in [5.41, 5.74) is 0. The standard InChI is InChI=1S/C16H31O5P/c1-5-7-9-13(3)15(17)11-20-22(19)21-12-16(18)14(4)10-8-6-2/h13-14,22H,5-12H2,1-4H3. The largest absolute Gasteiger partial charge is 0.319 e. The molecule has 0 amide bonds. The molecule has 0 aromatic heterocycles. The first-order chi connectivity index (χ1) is 10.4. The predicted molar refractivity (Wildman–Crippen MR) is 88.3 cm³/mol. The molecule has 2 atom stereocenters. The van der Waals surface area contributed by atoms with E-state index in [0.29, 0.717) is 0 Å². The molecule has 0 heterocycles. The van der Waals surface area contributed by atoms with Gasteiger partial charge in [-0.25, -0.2) is 0 Å². The monoisotopic (exact) mass is 334 g/mol. The Hall–Kier alpha value is -0.510. The van der Waals surface area contributed by atoms with Crippen LogP contribution in [0.4, 0.5) is 0 Å². The first-order valence-electron chi connectivity index (χ1n) is 8.27. The lowest BCUT2D eigenvalue weighted by atomic mass is 10.0. The highest BCUT2D eigenvalue weighted by atomic mass is 31.1. The molecule has 0 rings (SSSR count). The fourth-order valence-electron chi connectivity index (χ4n) is 1.93. The second-order valence-corrected chi connectivity index (χ2v) is 6.92. The SMILES string of the molecule is CCCCC(C)C(=O)CO[PH](=O)OCC(=O)C(C)CCCC. The minimum Gasteiger partial charge on any atom is -0.303 e. The van der Waals surface area contributed by atoms with E-state index in [2.05, 4.69) is 13.8 Å². The summed E-state index contributed by atoms with van der Waals surface area (Å²) in [4.78, 5) is 23.5. The summed E-state index contributed by atoms with van der Waals surface area (Å²) in [5.74, 6) is -0.327. The summed E-state index contributed by atoms with van der Waals surface area (Å²) in [6.45, 7) is 7.42. The molecule has 0 bridgehead atoms. The average Bonchev–Trinajstić information content (AvgIpc) is 2.52. The van der Waals surface area contributed by atoms with Gasteiger partial charge in [-0.2, -0.15) is 0 Å². The number of unbranched alkanes of at least 4 members (excludes halogenated alkanes) is 2. The molecule has 0 saturated heterocycles. The van der Waals surface area contributed by atoms with Crippen molar-refractivity contribution in [2.45, 2.75) is 66.2 Å². The third kappa shape index (κ3) is 10.3. The number of rotatable bonds is 14. The van der Waals surface area contributed by atoms with Crippen LogP contribution in [0.5, 0.6) is 0 Å². The normalized spacial score (nSPS) is 15.3. The van der Waals surface area contributed by atoms with E-state index in [9.17, 15) is 14.2 Å². The Labute approximate surface area is 135 Å². The van der Waals surface area contributed by atoms with E-state index < -0.39 is 8.25 Å². The van der Waals surface area contributed by atoms with Crippen molar-refractivity contribution in [2.75, 3.05) is 13.2 Å². The van der Waals surface area contributed by atoms with Crippen LogP contribution in [0, 0.1) is 11.8 Å². The second-order valence-electron chi connectivity index (χ2n) is 5.85. The van der Waals surface area contributed by atoms with Gasteiger partial charge in [-0.15, -0.1) is 0 Å². The van der Waals surface area contributed by atoms with E-state index in [1.807, 2.05) is 13.8 Å². The molecule has 0 aliphatic heterocycles. The van der Waals surface area contributed by atoms with Crippen LogP contribution in [-0.4, -0.2) is 24.8 Å². The minimum atomic E-state index is -2.78. The van der Waals surface area contributed by atoms with Crippen LogP contribution in [0.3, 0.4) is 0 Å². The van der Waals surface area contributed by atoms with Crippen molar-refractivity contribution in [3.63, 3.8) is 0 Å². The molecular weight excluding hydrogens is 303 g/mol. The molecule has 0 aromatic carbocycles. The molecule has 0 fully saturated rings. The van der Waals surface area contributed by atoms with Crippen molar-refractivity contribution >= 4 is 19.8 Å². The fourth-order valence-corrected chi connectivity index (χ4v) is 2.53. The van der Waals surface area contributed by atoms with Gasteiger partial charge >= 0.3 is 8.25 Å². The predicted octanol–water partition coefficient (Wildman–Crippen LogP) is 4.20. The van der Waals surface area contributed by atoms with Crippen molar-refractivity contribution in [2.24, 2.45) is 11.8 Å². The van der Waals surface area contributed by atoms with Crippen molar-refractivity contribution in [3.05, 3.63) is 0 Å². The van der Waals surface area contributed by atoms with Gasteiger partial charge in [-0.1, -0.05) is 53.4 Å². The number of ketones is 2. The van der Waals surface area contributed by atoms with Crippen LogP contribution < -0.4 is 0 Å². The first kappa shape index (κ1) is 21.5. The number of carbonyl (C=O) groups excluding carboxylic acids is 2. The molecule has 0 saturated carbocycles. The summed E-state index contributed by atoms with van der Waals surface area (Å²) in [5, 5.41) is 0. The quantitative estimate of drug-likeness (QED) is 0.445. The van der Waals surface area contributed by atoms with Crippen LogP contribution in [0.2, 0.25) is 0 Å². The Bertz CT molecular complexity index is 324. The zero-order valence-corrected chi connectivity index (χ0v) is 15.4. The fraction of sp³-hybridized carbons (Fsp3) is 0.875. The lowest BCUT2D eigenvalue weighted by Crippen LogP contribution is -2.17. The number of carbonyl (C=O) groups is 2. The molecule has 0 spiro atoms. The van der Waals surface area contributed by atoms with Gasteiger partial charge in [-0.3, -0.25) is 14.2 Å². The molecule has 2 unspecified atom stereocenters. The summed E-state index contributed by atoms with van der Waals surface area (Å²) in [7, 11) is -2.78. The Morgan fingerprint density at radius 1 is 0.864 bits per heavy atom. The zero-order valence-electron chi connectivity index (χ0n) is 14.4. The van der Waals surface area contributed by atoms with Gasteiger partial charge in [-0.05, 0) is 12.8 Å². The van der Waals surface area contributed by atoms with Crippen molar-refractivity contribution in [3.8, 4) is 0 Å². The van der Waals surface area contributed by atoms with Crippen LogP contribution in [0.1, 0.15) is 66.2 Å². The van der Waals surface area contributed by atoms with E-state index in [1.54, 1.807) is 0 Å². The zero-order chi connectivity index (χ0) is 17.0. The molecular formula is C16H31O5P. The highest BCUT2D eigenvalue weighted by molar-refractivity contribution is 7.33. The molecule has 6 heteroatoms. The minimum absolute atomic E-state index is 0.0713. The van der Waals surface area contributed by atoms with Gasteiger partial charge in [0.15, 0.2) is 11.6 Å². The lowest BCUT2D eigenvalue weighted by molar-refractivity contribution is -0.125. The Morgan fingerprint density at radius 3 is 1.55 bits per heavy atom. The van der Waals surface area contributed by atoms with E-state index in [1.165, 1.54) is 0 Å². The summed E-state index contributed by atoms with van der Waals surface area (Å²) < 4.78 is 21.4. The molecule has 0 N–H and O–H groups in total. The second kappa shape index (κ2) is 13.0. The Balaban J connectivity index is 3.90. The number of hydrogen-bond acceptors (Lipinski definition) is 5. The topological polar surface area (TPSA) is 69.7 Å². The van der Waals surface area contributed by atoms with E-state index in [0.717, 1.165) is 38.5 Å². The smallest absolute Gasteiger partial charge is 0.303 e. The van der Waals surface area contributed by atoms with Crippen LogP contribution >= 0.6 is 8.25 Å². The van der Waals surface area contributed by atoms with Gasteiger partial charge in [0.2, 0.25) is 0 Å². The first-order valence-corrected chi connectivity index (χ1v) is 9.49. The maximum Gasteiger partial charge on any atom is 0.319 e. The van der Waals surface area contributed by atoms with Crippen LogP contribution in [-0.2, 0) is 23.2 Å². The summed E-state index contributed by atoms with van der Waals surface area (Å²) in [6, 6.07) is 0. The molecule has 0 aromatic rings.